The fourth-order valence-electron chi connectivity index (χ4n) is 2.20. The molecule has 3 rings (SSSR count). The van der Waals surface area contributed by atoms with E-state index in [-0.39, 0.29) is 24.4 Å². The van der Waals surface area contributed by atoms with Gasteiger partial charge in [-0.25, -0.2) is 4.98 Å². The maximum atomic E-state index is 12.4. The lowest BCUT2D eigenvalue weighted by molar-refractivity contribution is -0.116. The van der Waals surface area contributed by atoms with Crippen molar-refractivity contribution >= 4 is 33.3 Å². The number of nitrogens with zero attached hydrogens (tertiary/aromatic N) is 3. The molecule has 1 amide bonds. The van der Waals surface area contributed by atoms with Gasteiger partial charge in [0.2, 0.25) is 5.91 Å². The number of carbonyl (C=O) groups excluding carboxylic acids is 1. The predicted molar refractivity (Wildman–Crippen MR) is 87.7 cm³/mol. The molecule has 120 valence electrons. The first-order valence-electron chi connectivity index (χ1n) is 7.28. The van der Waals surface area contributed by atoms with Crippen LogP contribution < -0.4 is 10.9 Å². The third kappa shape index (κ3) is 3.31. The van der Waals surface area contributed by atoms with Gasteiger partial charge in [-0.15, -0.1) is 11.3 Å². The highest BCUT2D eigenvalue weighted by Gasteiger charge is 2.10. The summed E-state index contributed by atoms with van der Waals surface area (Å²) in [7, 11) is 0. The minimum atomic E-state index is -0.232. The zero-order valence-corrected chi connectivity index (χ0v) is 13.6. The molecule has 0 unspecified atom stereocenters. The summed E-state index contributed by atoms with van der Waals surface area (Å²) in [5.74, 6) is 0.763. The van der Waals surface area contributed by atoms with Crippen LogP contribution in [0.2, 0.25) is 0 Å². The second kappa shape index (κ2) is 6.33. The summed E-state index contributed by atoms with van der Waals surface area (Å²) in [5, 5.41) is 6.93. The zero-order valence-electron chi connectivity index (χ0n) is 12.8. The summed E-state index contributed by atoms with van der Waals surface area (Å²) in [6.07, 6.45) is 2.53. The third-order valence-electron chi connectivity index (χ3n) is 3.39. The van der Waals surface area contributed by atoms with E-state index >= 15 is 0 Å². The normalized spacial score (nSPS) is 11.0. The van der Waals surface area contributed by atoms with Gasteiger partial charge >= 0.3 is 0 Å². The Hall–Kier alpha value is -2.48. The van der Waals surface area contributed by atoms with E-state index in [1.807, 2.05) is 13.0 Å². The molecule has 0 bridgehead atoms. The van der Waals surface area contributed by atoms with Gasteiger partial charge in [-0.2, -0.15) is 0 Å². The average molecular weight is 332 g/mol. The molecular weight excluding hydrogens is 316 g/mol. The summed E-state index contributed by atoms with van der Waals surface area (Å²) in [4.78, 5) is 30.5. The second-order valence-corrected chi connectivity index (χ2v) is 6.26. The number of carbonyl (C=O) groups is 1. The molecule has 7 nitrogen and oxygen atoms in total. The topological polar surface area (TPSA) is 90.0 Å². The molecule has 0 aliphatic carbocycles. The first-order chi connectivity index (χ1) is 11.1. The summed E-state index contributed by atoms with van der Waals surface area (Å²) in [5.41, 5.74) is -0.115. The Kier molecular flexibility index (Phi) is 4.24. The van der Waals surface area contributed by atoms with Crippen LogP contribution in [0.3, 0.4) is 0 Å². The van der Waals surface area contributed by atoms with E-state index in [1.54, 1.807) is 13.0 Å². The Morgan fingerprint density at radius 2 is 2.26 bits per heavy atom. The van der Waals surface area contributed by atoms with Gasteiger partial charge in [0.05, 0.1) is 11.7 Å². The van der Waals surface area contributed by atoms with Gasteiger partial charge in [0.25, 0.3) is 5.56 Å². The highest BCUT2D eigenvalue weighted by molar-refractivity contribution is 7.18. The molecule has 0 aliphatic heterocycles. The van der Waals surface area contributed by atoms with Gasteiger partial charge in [0.1, 0.15) is 10.6 Å². The fraction of sp³-hybridized carbons (Fsp3) is 0.333. The first-order valence-corrected chi connectivity index (χ1v) is 8.09. The molecule has 3 heterocycles. The van der Waals surface area contributed by atoms with Crippen LogP contribution in [0.5, 0.6) is 0 Å². The maximum absolute atomic E-state index is 12.4. The molecule has 0 spiro atoms. The quantitative estimate of drug-likeness (QED) is 0.774. The van der Waals surface area contributed by atoms with Crippen molar-refractivity contribution < 1.29 is 9.32 Å². The number of fused-ring (bicyclic) bond motifs is 1. The molecule has 3 aromatic heterocycles. The molecule has 0 radical (unpaired) electrons. The van der Waals surface area contributed by atoms with Crippen LogP contribution in [-0.2, 0) is 17.8 Å². The van der Waals surface area contributed by atoms with E-state index in [4.69, 9.17) is 4.52 Å². The Morgan fingerprint density at radius 1 is 1.43 bits per heavy atom. The van der Waals surface area contributed by atoms with E-state index in [0.717, 1.165) is 16.1 Å². The Morgan fingerprint density at radius 3 is 2.96 bits per heavy atom. The molecule has 23 heavy (non-hydrogen) atoms. The van der Waals surface area contributed by atoms with Crippen LogP contribution >= 0.6 is 11.3 Å². The van der Waals surface area contributed by atoms with Crippen molar-refractivity contribution in [2.75, 3.05) is 5.32 Å². The summed E-state index contributed by atoms with van der Waals surface area (Å²) >= 11 is 1.53. The minimum absolute atomic E-state index is 0.115. The predicted octanol–water partition coefficient (Wildman–Crippen LogP) is 2.35. The zero-order chi connectivity index (χ0) is 16.4. The van der Waals surface area contributed by atoms with Gasteiger partial charge in [-0.05, 0) is 19.4 Å². The molecule has 0 fully saturated rings. The summed E-state index contributed by atoms with van der Waals surface area (Å²) in [6, 6.07) is 3.51. The van der Waals surface area contributed by atoms with Crippen molar-refractivity contribution in [2.24, 2.45) is 0 Å². The number of hydrogen-bond donors (Lipinski definition) is 1. The Balaban J connectivity index is 1.70. The summed E-state index contributed by atoms with van der Waals surface area (Å²) in [6.45, 7) is 4.05. The van der Waals surface area contributed by atoms with E-state index in [0.29, 0.717) is 17.0 Å². The molecule has 8 heteroatoms. The van der Waals surface area contributed by atoms with Crippen LogP contribution in [0.15, 0.2) is 27.8 Å². The monoisotopic (exact) mass is 332 g/mol. The van der Waals surface area contributed by atoms with Crippen LogP contribution in [0.1, 0.15) is 24.0 Å². The molecular formula is C15H16N4O3S. The van der Waals surface area contributed by atoms with Crippen LogP contribution in [-0.4, -0.2) is 20.6 Å². The third-order valence-corrected chi connectivity index (χ3v) is 4.58. The van der Waals surface area contributed by atoms with E-state index < -0.39 is 0 Å². The average Bonchev–Trinajstić information content (AvgIpc) is 3.13. The van der Waals surface area contributed by atoms with E-state index in [9.17, 15) is 9.59 Å². The molecule has 1 N–H and O–H groups in total. The Bertz CT molecular complexity index is 909. The lowest BCUT2D eigenvalue weighted by Gasteiger charge is -2.04. The highest BCUT2D eigenvalue weighted by atomic mass is 32.1. The van der Waals surface area contributed by atoms with Gasteiger partial charge in [-0.1, -0.05) is 12.1 Å². The van der Waals surface area contributed by atoms with Gasteiger partial charge in [-0.3, -0.25) is 14.2 Å². The number of rotatable bonds is 5. The van der Waals surface area contributed by atoms with Crippen molar-refractivity contribution in [2.45, 2.75) is 33.2 Å². The van der Waals surface area contributed by atoms with Crippen molar-refractivity contribution in [1.29, 1.82) is 0 Å². The number of amides is 1. The number of aryl methyl sites for hydroxylation is 3. The molecule has 0 atom stereocenters. The van der Waals surface area contributed by atoms with Crippen molar-refractivity contribution in [3.05, 3.63) is 39.5 Å². The van der Waals surface area contributed by atoms with Crippen LogP contribution in [0, 0.1) is 6.92 Å². The highest BCUT2D eigenvalue weighted by Crippen LogP contribution is 2.21. The number of aromatic nitrogens is 3. The smallest absolute Gasteiger partial charge is 0.262 e. The largest absolute Gasteiger partial charge is 0.360 e. The van der Waals surface area contributed by atoms with Gasteiger partial charge in [0.15, 0.2) is 5.82 Å². The summed E-state index contributed by atoms with van der Waals surface area (Å²) < 4.78 is 6.34. The number of thiophene rings is 1. The molecule has 3 aromatic rings. The van der Waals surface area contributed by atoms with Gasteiger partial charge < -0.3 is 9.84 Å². The van der Waals surface area contributed by atoms with Gasteiger partial charge in [0, 0.05) is 23.9 Å². The standard InChI is InChI=1S/C15H16N4O3S/c1-3-10-7-11-14(23-10)16-8-19(15(11)21)5-4-13(20)17-12-6-9(2)22-18-12/h6-8H,3-5H2,1-2H3,(H,17,18,20). The van der Waals surface area contributed by atoms with Crippen LogP contribution in [0.25, 0.3) is 10.2 Å². The van der Waals surface area contributed by atoms with Crippen molar-refractivity contribution in [3.63, 3.8) is 0 Å². The van der Waals surface area contributed by atoms with Crippen molar-refractivity contribution in [1.82, 2.24) is 14.7 Å². The van der Waals surface area contributed by atoms with E-state index in [2.05, 4.69) is 15.5 Å². The number of anilines is 1. The SMILES string of the molecule is CCc1cc2c(=O)n(CCC(=O)Nc3cc(C)on3)cnc2s1. The lowest BCUT2D eigenvalue weighted by atomic mass is 10.3. The maximum Gasteiger partial charge on any atom is 0.262 e. The number of nitrogens with one attached hydrogen (secondary N) is 1. The lowest BCUT2D eigenvalue weighted by Crippen LogP contribution is -2.23. The fourth-order valence-corrected chi connectivity index (χ4v) is 3.12. The first kappa shape index (κ1) is 15.4. The second-order valence-electron chi connectivity index (χ2n) is 5.15. The molecule has 0 aliphatic rings. The minimum Gasteiger partial charge on any atom is -0.360 e. The van der Waals surface area contributed by atoms with Crippen molar-refractivity contribution in [3.8, 4) is 0 Å². The van der Waals surface area contributed by atoms with Crippen LogP contribution in [0.4, 0.5) is 5.82 Å². The number of hydrogen-bond acceptors (Lipinski definition) is 6. The Labute approximate surface area is 135 Å². The van der Waals surface area contributed by atoms with E-state index in [1.165, 1.54) is 22.2 Å². The molecule has 0 aromatic carbocycles. The molecule has 0 saturated carbocycles. The molecule has 0 saturated heterocycles.